The van der Waals surface area contributed by atoms with Gasteiger partial charge >= 0.3 is 0 Å². The van der Waals surface area contributed by atoms with Gasteiger partial charge in [0.05, 0.1) is 18.6 Å². The number of nitrogens with one attached hydrogen (secondary N) is 1. The van der Waals surface area contributed by atoms with Crippen LogP contribution in [-0.2, 0) is 16.1 Å². The van der Waals surface area contributed by atoms with E-state index in [4.69, 9.17) is 4.74 Å². The number of aromatic amines is 1. The third-order valence-electron chi connectivity index (χ3n) is 3.97. The summed E-state index contributed by atoms with van der Waals surface area (Å²) in [5.74, 6) is -0.0482. The van der Waals surface area contributed by atoms with Crippen LogP contribution in [0.5, 0.6) is 0 Å². The number of rotatable bonds is 8. The average Bonchev–Trinajstić information content (AvgIpc) is 2.97. The van der Waals surface area contributed by atoms with Gasteiger partial charge in [-0.2, -0.15) is 0 Å². The zero-order chi connectivity index (χ0) is 17.5. The van der Waals surface area contributed by atoms with Crippen molar-refractivity contribution in [2.24, 2.45) is 0 Å². The Kier molecular flexibility index (Phi) is 6.52. The number of carbonyl (C=O) groups excluding carboxylic acids is 1. The minimum absolute atomic E-state index is 0.0482. The molecule has 0 aliphatic heterocycles. The van der Waals surface area contributed by atoms with Crippen molar-refractivity contribution in [2.45, 2.75) is 19.6 Å². The Morgan fingerprint density at radius 1 is 1.25 bits per heavy atom. The molecule has 0 aliphatic rings. The van der Waals surface area contributed by atoms with E-state index in [1.54, 1.807) is 13.4 Å². The second-order valence-electron chi connectivity index (χ2n) is 6.06. The first kappa shape index (κ1) is 18.2. The minimum Gasteiger partial charge on any atom is -0.367 e. The number of benzene rings is 1. The number of ether oxygens (including phenoxy) is 1. The van der Waals surface area contributed by atoms with Gasteiger partial charge in [-0.05, 0) is 26.6 Å². The van der Waals surface area contributed by atoms with Gasteiger partial charge in [0.15, 0.2) is 6.10 Å². The molecule has 0 saturated carbocycles. The topological polar surface area (TPSA) is 61.5 Å². The first-order chi connectivity index (χ1) is 11.5. The first-order valence-electron chi connectivity index (χ1n) is 8.03. The Balaban J connectivity index is 2.20. The van der Waals surface area contributed by atoms with E-state index in [9.17, 15) is 4.79 Å². The van der Waals surface area contributed by atoms with Crippen molar-refractivity contribution in [1.82, 2.24) is 19.8 Å². The summed E-state index contributed by atoms with van der Waals surface area (Å²) in [4.78, 5) is 24.3. The molecule has 0 spiro atoms. The Bertz CT molecular complexity index is 639. The van der Waals surface area contributed by atoms with Gasteiger partial charge in [-0.3, -0.25) is 4.79 Å². The molecule has 0 radical (unpaired) electrons. The predicted molar refractivity (Wildman–Crippen MR) is 93.5 cm³/mol. The molecule has 0 fully saturated rings. The van der Waals surface area contributed by atoms with E-state index >= 15 is 0 Å². The van der Waals surface area contributed by atoms with Crippen LogP contribution in [0.3, 0.4) is 0 Å². The summed E-state index contributed by atoms with van der Waals surface area (Å²) >= 11 is 0. The molecular formula is C18H26N4O2. The van der Waals surface area contributed by atoms with Crippen LogP contribution < -0.4 is 0 Å². The van der Waals surface area contributed by atoms with Crippen LogP contribution in [0.1, 0.15) is 23.1 Å². The second-order valence-corrected chi connectivity index (χ2v) is 6.06. The molecule has 2 rings (SSSR count). The Morgan fingerprint density at radius 3 is 2.50 bits per heavy atom. The van der Waals surface area contributed by atoms with Crippen molar-refractivity contribution in [3.8, 4) is 0 Å². The van der Waals surface area contributed by atoms with E-state index in [-0.39, 0.29) is 5.91 Å². The van der Waals surface area contributed by atoms with Crippen LogP contribution >= 0.6 is 0 Å². The van der Waals surface area contributed by atoms with Gasteiger partial charge in [0.1, 0.15) is 0 Å². The Hall–Kier alpha value is -2.18. The Morgan fingerprint density at radius 2 is 1.96 bits per heavy atom. The molecule has 6 heteroatoms. The summed E-state index contributed by atoms with van der Waals surface area (Å²) < 4.78 is 5.50. The van der Waals surface area contributed by atoms with Gasteiger partial charge in [-0.25, -0.2) is 4.98 Å². The van der Waals surface area contributed by atoms with E-state index < -0.39 is 6.10 Å². The molecular weight excluding hydrogens is 304 g/mol. The van der Waals surface area contributed by atoms with Gasteiger partial charge in [-0.15, -0.1) is 0 Å². The van der Waals surface area contributed by atoms with E-state index in [1.807, 2.05) is 56.3 Å². The van der Waals surface area contributed by atoms with Crippen molar-refractivity contribution in [2.75, 3.05) is 34.3 Å². The molecule has 0 bridgehead atoms. The number of likely N-dealkylation sites (N-methyl/N-ethyl adjacent to an activating group) is 1. The summed E-state index contributed by atoms with van der Waals surface area (Å²) in [5, 5.41) is 0. The summed E-state index contributed by atoms with van der Waals surface area (Å²) in [7, 11) is 5.56. The lowest BCUT2D eigenvalue weighted by molar-refractivity contribution is -0.143. The molecule has 1 aromatic carbocycles. The van der Waals surface area contributed by atoms with Gasteiger partial charge in [0.25, 0.3) is 5.91 Å². The number of H-pyrrole nitrogens is 1. The summed E-state index contributed by atoms with van der Waals surface area (Å²) in [6.45, 7) is 3.82. The molecule has 1 atom stereocenters. The minimum atomic E-state index is -0.604. The highest BCUT2D eigenvalue weighted by Gasteiger charge is 2.26. The number of aryl methyl sites for hydroxylation is 1. The van der Waals surface area contributed by atoms with Crippen LogP contribution in [0.2, 0.25) is 0 Å². The van der Waals surface area contributed by atoms with Crippen molar-refractivity contribution >= 4 is 5.91 Å². The molecule has 1 N–H and O–H groups in total. The van der Waals surface area contributed by atoms with Crippen molar-refractivity contribution in [3.63, 3.8) is 0 Å². The Labute approximate surface area is 143 Å². The summed E-state index contributed by atoms with van der Waals surface area (Å²) in [6.07, 6.45) is 1.05. The highest BCUT2D eigenvalue weighted by Crippen LogP contribution is 2.20. The fourth-order valence-electron chi connectivity index (χ4n) is 2.49. The average molecular weight is 330 g/mol. The van der Waals surface area contributed by atoms with Crippen molar-refractivity contribution < 1.29 is 9.53 Å². The van der Waals surface area contributed by atoms with Crippen LogP contribution in [0.25, 0.3) is 0 Å². The number of nitrogens with zero attached hydrogens (tertiary/aromatic N) is 3. The largest absolute Gasteiger partial charge is 0.367 e. The van der Waals surface area contributed by atoms with E-state index in [1.165, 1.54) is 0 Å². The molecule has 1 heterocycles. The fourth-order valence-corrected chi connectivity index (χ4v) is 2.49. The second kappa shape index (κ2) is 8.61. The molecule has 24 heavy (non-hydrogen) atoms. The number of imidazole rings is 1. The lowest BCUT2D eigenvalue weighted by atomic mass is 10.1. The van der Waals surface area contributed by atoms with Crippen molar-refractivity contribution in [1.29, 1.82) is 0 Å². The molecule has 1 amide bonds. The quantitative estimate of drug-likeness (QED) is 0.804. The predicted octanol–water partition coefficient (Wildman–Crippen LogP) is 2.00. The fraction of sp³-hybridized carbons (Fsp3) is 0.444. The normalized spacial score (nSPS) is 12.4. The first-order valence-corrected chi connectivity index (χ1v) is 8.03. The van der Waals surface area contributed by atoms with Crippen LogP contribution in [0.4, 0.5) is 0 Å². The molecule has 0 saturated heterocycles. The number of methoxy groups -OCH3 is 1. The molecule has 0 aliphatic carbocycles. The van der Waals surface area contributed by atoms with E-state index in [0.717, 1.165) is 23.5 Å². The smallest absolute Gasteiger partial charge is 0.256 e. The van der Waals surface area contributed by atoms with Gasteiger partial charge < -0.3 is 19.5 Å². The number of aromatic nitrogens is 2. The maximum Gasteiger partial charge on any atom is 0.256 e. The number of hydrogen-bond acceptors (Lipinski definition) is 4. The molecule has 130 valence electrons. The standard InChI is InChI=1S/C18H26N4O2/c1-14-16(20-13-19-14)12-22(11-10-21(2)3)18(23)17(24-4)15-8-6-5-7-9-15/h5-9,13,17H,10-12H2,1-4H3,(H,19,20)/t17-/m1/s1. The highest BCUT2D eigenvalue weighted by atomic mass is 16.5. The zero-order valence-corrected chi connectivity index (χ0v) is 14.8. The highest BCUT2D eigenvalue weighted by molar-refractivity contribution is 5.82. The number of carbonyl (C=O) groups is 1. The monoisotopic (exact) mass is 330 g/mol. The number of amides is 1. The summed E-state index contributed by atoms with van der Waals surface area (Å²) in [5.41, 5.74) is 2.72. The van der Waals surface area contributed by atoms with Crippen LogP contribution in [0, 0.1) is 6.92 Å². The molecule has 0 unspecified atom stereocenters. The molecule has 6 nitrogen and oxygen atoms in total. The van der Waals surface area contributed by atoms with Gasteiger partial charge in [0, 0.05) is 25.9 Å². The molecule has 1 aromatic heterocycles. The molecule has 2 aromatic rings. The maximum atomic E-state index is 13.1. The van der Waals surface area contributed by atoms with E-state index in [0.29, 0.717) is 13.1 Å². The third-order valence-corrected chi connectivity index (χ3v) is 3.97. The number of hydrogen-bond donors (Lipinski definition) is 1. The van der Waals surface area contributed by atoms with E-state index in [2.05, 4.69) is 14.9 Å². The maximum absolute atomic E-state index is 13.1. The van der Waals surface area contributed by atoms with Crippen LogP contribution in [0.15, 0.2) is 36.7 Å². The lowest BCUT2D eigenvalue weighted by Crippen LogP contribution is -2.39. The van der Waals surface area contributed by atoms with Crippen molar-refractivity contribution in [3.05, 3.63) is 53.6 Å². The van der Waals surface area contributed by atoms with Crippen LogP contribution in [-0.4, -0.2) is 60.0 Å². The summed E-state index contributed by atoms with van der Waals surface area (Å²) in [6, 6.07) is 9.58. The van der Waals surface area contributed by atoms with Gasteiger partial charge in [0.2, 0.25) is 0 Å². The lowest BCUT2D eigenvalue weighted by Gasteiger charge is -2.28. The third kappa shape index (κ3) is 4.66. The van der Waals surface area contributed by atoms with Gasteiger partial charge in [-0.1, -0.05) is 30.3 Å². The SMILES string of the molecule is CO[C@@H](C(=O)N(CCN(C)C)Cc1nc[nH]c1C)c1ccccc1. The zero-order valence-electron chi connectivity index (χ0n) is 14.8.